The van der Waals surface area contributed by atoms with E-state index in [-0.39, 0.29) is 55.7 Å². The molecule has 0 radical (unpaired) electrons. The summed E-state index contributed by atoms with van der Waals surface area (Å²) in [5, 5.41) is 13.2. The normalized spacial score (nSPS) is 22.7. The maximum Gasteiger partial charge on any atom is 0.343 e. The fourth-order valence-electron chi connectivity index (χ4n) is 11.2. The van der Waals surface area contributed by atoms with Crippen molar-refractivity contribution in [3.05, 3.63) is 53.0 Å². The van der Waals surface area contributed by atoms with Gasteiger partial charge in [-0.1, -0.05) is 0 Å². The highest BCUT2D eigenvalue weighted by molar-refractivity contribution is 6.23. The van der Waals surface area contributed by atoms with Crippen molar-refractivity contribution < 1.29 is 38.3 Å². The van der Waals surface area contributed by atoms with Crippen LogP contribution in [0.5, 0.6) is 0 Å². The monoisotopic (exact) mass is 978 g/mol. The van der Waals surface area contributed by atoms with Gasteiger partial charge in [-0.2, -0.15) is 10.1 Å². The number of imide groups is 2. The third kappa shape index (κ3) is 11.4. The molecule has 5 aliphatic heterocycles. The molecule has 9 rings (SSSR count). The lowest BCUT2D eigenvalue weighted by Gasteiger charge is -2.42. The predicted octanol–water partition coefficient (Wildman–Crippen LogP) is 2.94. The lowest BCUT2D eigenvalue weighted by molar-refractivity contribution is -0.139. The maximum absolute atomic E-state index is 13.3. The zero-order valence-electron chi connectivity index (χ0n) is 41.2. The first-order valence-corrected chi connectivity index (χ1v) is 25.5. The van der Waals surface area contributed by atoms with Crippen molar-refractivity contribution in [2.24, 2.45) is 13.0 Å². The van der Waals surface area contributed by atoms with Crippen molar-refractivity contribution in [2.75, 3.05) is 94.1 Å². The minimum absolute atomic E-state index is 0.0482. The highest BCUT2D eigenvalue weighted by Gasteiger charge is 2.45. The van der Waals surface area contributed by atoms with E-state index in [9.17, 15) is 33.6 Å². The fourth-order valence-corrected chi connectivity index (χ4v) is 11.2. The molecular formula is C50H67N13O8. The Bertz CT molecular complexity index is 2500. The summed E-state index contributed by atoms with van der Waals surface area (Å²) in [6.07, 6.45) is 10.9. The van der Waals surface area contributed by atoms with E-state index in [4.69, 9.17) is 9.72 Å². The van der Waals surface area contributed by atoms with E-state index in [1.165, 1.54) is 0 Å². The van der Waals surface area contributed by atoms with Crippen molar-refractivity contribution in [1.82, 2.24) is 49.6 Å². The Labute approximate surface area is 414 Å². The van der Waals surface area contributed by atoms with Crippen LogP contribution in [0.3, 0.4) is 0 Å². The van der Waals surface area contributed by atoms with Gasteiger partial charge in [0.05, 0.1) is 35.3 Å². The number of carbonyl (C=O) groups excluding carboxylic acids is 7. The van der Waals surface area contributed by atoms with E-state index in [2.05, 4.69) is 40.7 Å². The third-order valence-electron chi connectivity index (χ3n) is 15.3. The number of hydrogen-bond acceptors (Lipinski definition) is 16. The van der Waals surface area contributed by atoms with Crippen molar-refractivity contribution in [2.45, 2.75) is 103 Å². The number of nitrogens with zero attached hydrogens (tertiary/aromatic N) is 10. The van der Waals surface area contributed by atoms with Crippen LogP contribution in [0, 0.1) is 12.8 Å². The predicted molar refractivity (Wildman–Crippen MR) is 262 cm³/mol. The number of fused-ring (bicyclic) bond motifs is 1. The molecule has 21 nitrogen and oxygen atoms in total. The number of hydrogen-bond donors (Lipinski definition) is 3. The third-order valence-corrected chi connectivity index (χ3v) is 15.3. The lowest BCUT2D eigenvalue weighted by atomic mass is 9.89. The van der Waals surface area contributed by atoms with Crippen LogP contribution in [-0.2, 0) is 31.0 Å². The number of esters is 1. The van der Waals surface area contributed by atoms with E-state index in [0.717, 1.165) is 120 Å². The minimum Gasteiger partial charge on any atom is -0.462 e. The Morgan fingerprint density at radius 3 is 2.15 bits per heavy atom. The SMILES string of the molecule is CCOC(=O)c1c(C)nc(Nc2cnn(C)c2)nc1NC1CCC(N2CCN(C(=O)CCC(=O)N3CCC(CCN4CCN(c5ccc6c(c5)C(=O)N(C5CCC(=O)NC5=O)C6=O)CC4)CC3)CC2)CC1. The standard InChI is InChI=1S/C50H67N13O8/c1-4-71-49(70)44-32(2)52-50(54-35-30-51-57(3)31-35)56-45(44)53-34-5-7-36(8-6-34)59-25-27-62(28-26-59)43(66)14-13-42(65)61-19-16-33(17-20-61)15-18-58-21-23-60(24-22-58)37-9-10-38-39(29-37)48(69)63(47(38)68)40-11-12-41(64)55-46(40)67/h9-10,29-31,33-34,36,40H,4-8,11-28H2,1-3H3,(H,55,64,67)(H2,52,53,54,56). The number of amides is 6. The summed E-state index contributed by atoms with van der Waals surface area (Å²) in [7, 11) is 1.83. The second-order valence-corrected chi connectivity index (χ2v) is 19.8. The summed E-state index contributed by atoms with van der Waals surface area (Å²) < 4.78 is 7.05. The molecule has 1 unspecified atom stereocenters. The number of piperidine rings is 2. The van der Waals surface area contributed by atoms with Crippen LogP contribution in [0.4, 0.5) is 23.1 Å². The van der Waals surface area contributed by atoms with E-state index in [1.54, 1.807) is 36.9 Å². The van der Waals surface area contributed by atoms with Gasteiger partial charge >= 0.3 is 5.97 Å². The molecule has 4 saturated heterocycles. The summed E-state index contributed by atoms with van der Waals surface area (Å²) >= 11 is 0. The molecule has 7 heterocycles. The van der Waals surface area contributed by atoms with Gasteiger partial charge in [0.2, 0.25) is 29.6 Å². The Hall–Kier alpha value is -6.48. The summed E-state index contributed by atoms with van der Waals surface area (Å²) in [6, 6.07) is 4.84. The molecule has 3 aromatic rings. The van der Waals surface area contributed by atoms with E-state index in [1.807, 2.05) is 29.1 Å². The van der Waals surface area contributed by atoms with E-state index >= 15 is 0 Å². The number of likely N-dealkylation sites (tertiary alicyclic amines) is 1. The molecular weight excluding hydrogens is 911 g/mol. The van der Waals surface area contributed by atoms with Crippen LogP contribution in [0.25, 0.3) is 0 Å². The molecule has 5 fully saturated rings. The smallest absolute Gasteiger partial charge is 0.343 e. The van der Waals surface area contributed by atoms with Crippen LogP contribution in [0.1, 0.15) is 114 Å². The Morgan fingerprint density at radius 1 is 0.803 bits per heavy atom. The van der Waals surface area contributed by atoms with Crippen molar-refractivity contribution in [3.63, 3.8) is 0 Å². The number of benzene rings is 1. The minimum atomic E-state index is -0.985. The highest BCUT2D eigenvalue weighted by atomic mass is 16.5. The Balaban J connectivity index is 0.650. The largest absolute Gasteiger partial charge is 0.462 e. The summed E-state index contributed by atoms with van der Waals surface area (Å²) in [5.41, 5.74) is 3.05. The van der Waals surface area contributed by atoms with Crippen molar-refractivity contribution in [3.8, 4) is 0 Å². The number of ether oxygens (including phenoxy) is 1. The first kappa shape index (κ1) is 49.5. The van der Waals surface area contributed by atoms with Crippen LogP contribution < -0.4 is 20.9 Å². The number of aryl methyl sites for hydroxylation is 2. The van der Waals surface area contributed by atoms with Crippen molar-refractivity contribution in [1.29, 1.82) is 0 Å². The highest BCUT2D eigenvalue weighted by Crippen LogP contribution is 2.33. The zero-order chi connectivity index (χ0) is 49.8. The first-order valence-electron chi connectivity index (χ1n) is 25.5. The van der Waals surface area contributed by atoms with Crippen LogP contribution in [-0.4, -0.2) is 182 Å². The fraction of sp³-hybridized carbons (Fsp3) is 0.600. The molecule has 21 heteroatoms. The second kappa shape index (κ2) is 21.9. The number of carbonyl (C=O) groups is 7. The molecule has 6 aliphatic rings. The average Bonchev–Trinajstić information content (AvgIpc) is 3.89. The van der Waals surface area contributed by atoms with Gasteiger partial charge in [0.15, 0.2) is 0 Å². The molecule has 0 spiro atoms. The molecule has 1 atom stereocenters. The van der Waals surface area contributed by atoms with Gasteiger partial charge in [-0.25, -0.2) is 9.78 Å². The van der Waals surface area contributed by atoms with Crippen LogP contribution >= 0.6 is 0 Å². The summed E-state index contributed by atoms with van der Waals surface area (Å²) in [5.74, 6) is -0.987. The van der Waals surface area contributed by atoms with Gasteiger partial charge in [-0.3, -0.25) is 53.5 Å². The summed E-state index contributed by atoms with van der Waals surface area (Å²) in [6.45, 7) is 12.5. The molecule has 2 aromatic heterocycles. The molecule has 1 aliphatic carbocycles. The molecule has 1 saturated carbocycles. The van der Waals surface area contributed by atoms with Crippen LogP contribution in [0.2, 0.25) is 0 Å². The van der Waals surface area contributed by atoms with Gasteiger partial charge in [-0.15, -0.1) is 0 Å². The Kier molecular flexibility index (Phi) is 15.3. The van der Waals surface area contributed by atoms with E-state index < -0.39 is 35.6 Å². The van der Waals surface area contributed by atoms with Gasteiger partial charge in [0.25, 0.3) is 11.8 Å². The quantitative estimate of drug-likeness (QED) is 0.147. The zero-order valence-corrected chi connectivity index (χ0v) is 41.2. The van der Waals surface area contributed by atoms with E-state index in [0.29, 0.717) is 53.6 Å². The molecule has 3 N–H and O–H groups in total. The average molecular weight is 978 g/mol. The lowest BCUT2D eigenvalue weighted by Crippen LogP contribution is -2.54. The molecule has 0 bridgehead atoms. The second-order valence-electron chi connectivity index (χ2n) is 19.8. The maximum atomic E-state index is 13.3. The van der Waals surface area contributed by atoms with Gasteiger partial charge in [0, 0.05) is 116 Å². The van der Waals surface area contributed by atoms with Gasteiger partial charge in [0.1, 0.15) is 17.4 Å². The molecule has 71 heavy (non-hydrogen) atoms. The molecule has 380 valence electrons. The number of aromatic nitrogens is 4. The number of rotatable bonds is 15. The summed E-state index contributed by atoms with van der Waals surface area (Å²) in [4.78, 5) is 111. The van der Waals surface area contributed by atoms with Crippen LogP contribution in [0.15, 0.2) is 30.6 Å². The van der Waals surface area contributed by atoms with Gasteiger partial charge < -0.3 is 30.1 Å². The topological polar surface area (TPSA) is 228 Å². The number of piperazine rings is 2. The first-order chi connectivity index (χ1) is 34.3. The molecule has 1 aromatic carbocycles. The van der Waals surface area contributed by atoms with Gasteiger partial charge in [-0.05, 0) is 95.9 Å². The van der Waals surface area contributed by atoms with Crippen molar-refractivity contribution >= 4 is 64.6 Å². The molecule has 6 amide bonds. The Morgan fingerprint density at radius 2 is 1.49 bits per heavy atom. The number of anilines is 4. The number of nitrogens with one attached hydrogen (secondary N) is 3.